The normalized spacial score (nSPS) is 27.9. The van der Waals surface area contributed by atoms with Crippen molar-refractivity contribution in [1.82, 2.24) is 5.32 Å². The second-order valence-electron chi connectivity index (χ2n) is 3.68. The summed E-state index contributed by atoms with van der Waals surface area (Å²) in [6.07, 6.45) is 3.11. The molecule has 1 atom stereocenters. The zero-order chi connectivity index (χ0) is 10.6. The molecule has 1 aliphatic rings. The molecule has 0 aromatic heterocycles. The number of hydrogen-bond acceptors (Lipinski definition) is 4. The highest BCUT2D eigenvalue weighted by atomic mass is 16.5. The Bertz CT molecular complexity index is 190. The number of carbonyl (C=O) groups is 1. The van der Waals surface area contributed by atoms with Crippen LogP contribution in [-0.4, -0.2) is 38.4 Å². The van der Waals surface area contributed by atoms with Crippen LogP contribution in [0.25, 0.3) is 0 Å². The average Bonchev–Trinajstić information content (AvgIpc) is 2.15. The standard InChI is InChI=1S/C10H19NO3/c1-4-9(10(12)14-3)11-7-5-8(6-7)13-2/h7-9,11H,4-6H2,1-3H3. The third-order valence-corrected chi connectivity index (χ3v) is 2.76. The maximum absolute atomic E-state index is 11.3. The topological polar surface area (TPSA) is 47.6 Å². The van der Waals surface area contributed by atoms with Gasteiger partial charge in [-0.05, 0) is 19.3 Å². The van der Waals surface area contributed by atoms with E-state index >= 15 is 0 Å². The maximum Gasteiger partial charge on any atom is 0.322 e. The van der Waals surface area contributed by atoms with Crippen LogP contribution in [0.5, 0.6) is 0 Å². The van der Waals surface area contributed by atoms with E-state index in [1.807, 2.05) is 6.92 Å². The highest BCUT2D eigenvalue weighted by Gasteiger charge is 2.32. The molecule has 0 bridgehead atoms. The van der Waals surface area contributed by atoms with Crippen LogP contribution in [0, 0.1) is 0 Å². The molecule has 0 spiro atoms. The summed E-state index contributed by atoms with van der Waals surface area (Å²) in [5.41, 5.74) is 0. The summed E-state index contributed by atoms with van der Waals surface area (Å²) in [5.74, 6) is -0.173. The van der Waals surface area contributed by atoms with Crippen molar-refractivity contribution in [3.63, 3.8) is 0 Å². The van der Waals surface area contributed by atoms with Crippen molar-refractivity contribution in [3.05, 3.63) is 0 Å². The SMILES string of the molecule is CCC(NC1CC(OC)C1)C(=O)OC. The van der Waals surface area contributed by atoms with E-state index in [4.69, 9.17) is 9.47 Å². The summed E-state index contributed by atoms with van der Waals surface area (Å²) >= 11 is 0. The summed E-state index contributed by atoms with van der Waals surface area (Å²) in [5, 5.41) is 3.26. The summed E-state index contributed by atoms with van der Waals surface area (Å²) in [6, 6.07) is 0.242. The molecule has 4 heteroatoms. The molecule has 4 nitrogen and oxygen atoms in total. The van der Waals surface area contributed by atoms with Gasteiger partial charge in [0, 0.05) is 13.2 Å². The van der Waals surface area contributed by atoms with Crippen molar-refractivity contribution >= 4 is 5.97 Å². The fraction of sp³-hybridized carbons (Fsp3) is 0.900. The zero-order valence-corrected chi connectivity index (χ0v) is 9.08. The van der Waals surface area contributed by atoms with Gasteiger partial charge >= 0.3 is 5.97 Å². The van der Waals surface area contributed by atoms with E-state index in [0.717, 1.165) is 19.3 Å². The van der Waals surface area contributed by atoms with Crippen LogP contribution in [0.3, 0.4) is 0 Å². The van der Waals surface area contributed by atoms with Crippen LogP contribution < -0.4 is 5.32 Å². The van der Waals surface area contributed by atoms with E-state index in [-0.39, 0.29) is 12.0 Å². The number of methoxy groups -OCH3 is 2. The molecule has 1 unspecified atom stereocenters. The third-order valence-electron chi connectivity index (χ3n) is 2.76. The van der Waals surface area contributed by atoms with E-state index < -0.39 is 0 Å². The quantitative estimate of drug-likeness (QED) is 0.665. The Labute approximate surface area is 85.0 Å². The Morgan fingerprint density at radius 2 is 2.14 bits per heavy atom. The second kappa shape index (κ2) is 5.32. The molecule has 1 N–H and O–H groups in total. The summed E-state index contributed by atoms with van der Waals surface area (Å²) in [7, 11) is 3.14. The summed E-state index contributed by atoms with van der Waals surface area (Å²) in [4.78, 5) is 11.3. The lowest BCUT2D eigenvalue weighted by atomic mass is 9.88. The minimum atomic E-state index is -0.173. The van der Waals surface area contributed by atoms with E-state index in [2.05, 4.69) is 5.32 Å². The van der Waals surface area contributed by atoms with Gasteiger partial charge in [0.25, 0.3) is 0 Å². The van der Waals surface area contributed by atoms with Gasteiger partial charge in [0.15, 0.2) is 0 Å². The number of nitrogens with one attached hydrogen (secondary N) is 1. The lowest BCUT2D eigenvalue weighted by Gasteiger charge is -2.36. The highest BCUT2D eigenvalue weighted by Crippen LogP contribution is 2.23. The molecule has 82 valence electrons. The van der Waals surface area contributed by atoms with Gasteiger partial charge in [-0.1, -0.05) is 6.92 Å². The minimum absolute atomic E-state index is 0.164. The molecule has 0 aromatic rings. The molecule has 1 aliphatic carbocycles. The van der Waals surface area contributed by atoms with Crippen molar-refractivity contribution in [3.8, 4) is 0 Å². The molecular weight excluding hydrogens is 182 g/mol. The average molecular weight is 201 g/mol. The van der Waals surface area contributed by atoms with Crippen LogP contribution in [-0.2, 0) is 14.3 Å². The van der Waals surface area contributed by atoms with E-state index in [1.54, 1.807) is 7.11 Å². The third kappa shape index (κ3) is 2.69. The molecule has 1 saturated carbocycles. The predicted molar refractivity (Wildman–Crippen MR) is 53.0 cm³/mol. The molecule has 0 aromatic carbocycles. The lowest BCUT2D eigenvalue weighted by Crippen LogP contribution is -2.51. The van der Waals surface area contributed by atoms with Crippen LogP contribution >= 0.6 is 0 Å². The molecule has 0 amide bonds. The van der Waals surface area contributed by atoms with E-state index in [1.165, 1.54) is 7.11 Å². The molecule has 1 rings (SSSR count). The number of carbonyl (C=O) groups excluding carboxylic acids is 1. The van der Waals surface area contributed by atoms with Gasteiger partial charge in [-0.3, -0.25) is 4.79 Å². The Hall–Kier alpha value is -0.610. The van der Waals surface area contributed by atoms with Gasteiger partial charge in [0.2, 0.25) is 0 Å². The zero-order valence-electron chi connectivity index (χ0n) is 9.08. The number of esters is 1. The smallest absolute Gasteiger partial charge is 0.322 e. The van der Waals surface area contributed by atoms with Gasteiger partial charge in [-0.2, -0.15) is 0 Å². The van der Waals surface area contributed by atoms with Crippen LogP contribution in [0.15, 0.2) is 0 Å². The van der Waals surface area contributed by atoms with Crippen molar-refractivity contribution in [1.29, 1.82) is 0 Å². The Morgan fingerprint density at radius 3 is 2.57 bits per heavy atom. The molecule has 0 aliphatic heterocycles. The maximum atomic E-state index is 11.3. The first kappa shape index (κ1) is 11.5. The predicted octanol–water partition coefficient (Wildman–Crippen LogP) is 0.705. The monoisotopic (exact) mass is 201 g/mol. The van der Waals surface area contributed by atoms with Crippen molar-refractivity contribution in [2.75, 3.05) is 14.2 Å². The Morgan fingerprint density at radius 1 is 1.50 bits per heavy atom. The molecule has 0 heterocycles. The minimum Gasteiger partial charge on any atom is -0.468 e. The van der Waals surface area contributed by atoms with E-state index in [0.29, 0.717) is 12.1 Å². The van der Waals surface area contributed by atoms with Gasteiger partial charge in [-0.15, -0.1) is 0 Å². The number of rotatable bonds is 5. The van der Waals surface area contributed by atoms with Crippen LogP contribution in [0.2, 0.25) is 0 Å². The van der Waals surface area contributed by atoms with Crippen LogP contribution in [0.1, 0.15) is 26.2 Å². The molecule has 0 saturated heterocycles. The molecule has 14 heavy (non-hydrogen) atoms. The molecule has 1 fully saturated rings. The van der Waals surface area contributed by atoms with Gasteiger partial charge in [0.1, 0.15) is 6.04 Å². The fourth-order valence-corrected chi connectivity index (χ4v) is 1.67. The first-order valence-corrected chi connectivity index (χ1v) is 5.07. The molecular formula is C10H19NO3. The van der Waals surface area contributed by atoms with Gasteiger partial charge in [-0.25, -0.2) is 0 Å². The Balaban J connectivity index is 2.25. The number of ether oxygens (including phenoxy) is 2. The first-order chi connectivity index (χ1) is 6.71. The van der Waals surface area contributed by atoms with Crippen molar-refractivity contribution in [2.24, 2.45) is 0 Å². The van der Waals surface area contributed by atoms with Gasteiger partial charge < -0.3 is 14.8 Å². The largest absolute Gasteiger partial charge is 0.468 e. The van der Waals surface area contributed by atoms with Gasteiger partial charge in [0.05, 0.1) is 13.2 Å². The Kier molecular flexibility index (Phi) is 4.35. The lowest BCUT2D eigenvalue weighted by molar-refractivity contribution is -0.144. The summed E-state index contributed by atoms with van der Waals surface area (Å²) < 4.78 is 9.86. The second-order valence-corrected chi connectivity index (χ2v) is 3.68. The van der Waals surface area contributed by atoms with E-state index in [9.17, 15) is 4.79 Å². The highest BCUT2D eigenvalue weighted by molar-refractivity contribution is 5.75. The fourth-order valence-electron chi connectivity index (χ4n) is 1.67. The van der Waals surface area contributed by atoms with Crippen LogP contribution in [0.4, 0.5) is 0 Å². The van der Waals surface area contributed by atoms with Crippen molar-refractivity contribution in [2.45, 2.75) is 44.4 Å². The first-order valence-electron chi connectivity index (χ1n) is 5.07. The number of hydrogen-bond donors (Lipinski definition) is 1. The summed E-state index contributed by atoms with van der Waals surface area (Å²) in [6.45, 7) is 1.97. The molecule has 0 radical (unpaired) electrons. The van der Waals surface area contributed by atoms with Crippen molar-refractivity contribution < 1.29 is 14.3 Å².